The Kier molecular flexibility index (Phi) is 5.94. The van der Waals surface area contributed by atoms with E-state index in [1.807, 2.05) is 49.6 Å². The number of amides is 4. The maximum Gasteiger partial charge on any atom is 0.344 e. The van der Waals surface area contributed by atoms with Crippen molar-refractivity contribution in [3.63, 3.8) is 0 Å². The van der Waals surface area contributed by atoms with Gasteiger partial charge in [-0.05, 0) is 36.7 Å². The van der Waals surface area contributed by atoms with E-state index in [4.69, 9.17) is 12.2 Å². The Bertz CT molecular complexity index is 1230. The minimum absolute atomic E-state index is 0.118. The number of aryl methyl sites for hydroxylation is 1. The molecule has 1 atom stereocenters. The average Bonchev–Trinajstić information content (AvgIpc) is 3.27. The van der Waals surface area contributed by atoms with Crippen molar-refractivity contribution in [3.05, 3.63) is 75.1 Å². The van der Waals surface area contributed by atoms with Gasteiger partial charge in [-0.3, -0.25) is 15.0 Å². The van der Waals surface area contributed by atoms with E-state index in [0.717, 1.165) is 21.8 Å². The lowest BCUT2D eigenvalue weighted by Crippen LogP contribution is -2.49. The highest BCUT2D eigenvalue weighted by molar-refractivity contribution is 7.73. The number of aromatic nitrogens is 1. The van der Waals surface area contributed by atoms with Crippen molar-refractivity contribution in [2.45, 2.75) is 32.4 Å². The molecule has 1 fully saturated rings. The van der Waals surface area contributed by atoms with Gasteiger partial charge in [0, 0.05) is 5.38 Å². The summed E-state index contributed by atoms with van der Waals surface area (Å²) in [7, 11) is 0. The summed E-state index contributed by atoms with van der Waals surface area (Å²) in [6, 6.07) is 16.3. The molecular weight excluding hydrogens is 444 g/mol. The van der Waals surface area contributed by atoms with Gasteiger partial charge in [-0.2, -0.15) is 5.01 Å². The molecule has 1 saturated heterocycles. The third-order valence-corrected chi connectivity index (χ3v) is 6.83. The summed E-state index contributed by atoms with van der Waals surface area (Å²) >= 11 is 6.76. The number of benzene rings is 2. The number of nitrogens with one attached hydrogen (secondary N) is 2. The molecule has 4 rings (SSSR count). The Morgan fingerprint density at radius 2 is 1.81 bits per heavy atom. The largest absolute Gasteiger partial charge is 0.344 e. The van der Waals surface area contributed by atoms with Gasteiger partial charge in [0.1, 0.15) is 12.1 Å². The molecule has 7 nitrogen and oxygen atoms in total. The van der Waals surface area contributed by atoms with Crippen LogP contribution in [0.3, 0.4) is 0 Å². The highest BCUT2D eigenvalue weighted by Crippen LogP contribution is 2.31. The SMILES string of the molecule is CCC1(c2ccccc2)NC(=O)N(NC(=O)Cn2c(-c3ccc(C)cc3)csc2=S)C1=O. The molecule has 0 saturated carbocycles. The van der Waals surface area contributed by atoms with Gasteiger partial charge < -0.3 is 9.88 Å². The lowest BCUT2D eigenvalue weighted by atomic mass is 9.87. The maximum absolute atomic E-state index is 13.2. The van der Waals surface area contributed by atoms with E-state index in [1.54, 1.807) is 28.8 Å². The Morgan fingerprint density at radius 1 is 1.12 bits per heavy atom. The van der Waals surface area contributed by atoms with Crippen LogP contribution in [0.25, 0.3) is 11.3 Å². The molecule has 0 bridgehead atoms. The molecule has 164 valence electrons. The van der Waals surface area contributed by atoms with Crippen molar-refractivity contribution in [2.24, 2.45) is 0 Å². The van der Waals surface area contributed by atoms with Gasteiger partial charge in [0.25, 0.3) is 11.8 Å². The lowest BCUT2D eigenvalue weighted by molar-refractivity contribution is -0.139. The van der Waals surface area contributed by atoms with Crippen molar-refractivity contribution in [2.75, 3.05) is 0 Å². The van der Waals surface area contributed by atoms with Crippen LogP contribution in [-0.2, 0) is 21.7 Å². The van der Waals surface area contributed by atoms with Crippen LogP contribution in [0.2, 0.25) is 0 Å². The first-order valence-corrected chi connectivity index (χ1v) is 11.4. The molecule has 2 aromatic carbocycles. The number of carbonyl (C=O) groups is 3. The molecule has 0 radical (unpaired) electrons. The van der Waals surface area contributed by atoms with Gasteiger partial charge in [0.2, 0.25) is 0 Å². The minimum Gasteiger partial charge on any atom is -0.318 e. The van der Waals surface area contributed by atoms with Gasteiger partial charge in [0.05, 0.1) is 5.69 Å². The fourth-order valence-electron chi connectivity index (χ4n) is 3.77. The van der Waals surface area contributed by atoms with Gasteiger partial charge >= 0.3 is 6.03 Å². The topological polar surface area (TPSA) is 83.4 Å². The number of rotatable bonds is 6. The molecule has 1 aliphatic heterocycles. The Hall–Kier alpha value is -3.30. The molecule has 2 heterocycles. The van der Waals surface area contributed by atoms with E-state index in [-0.39, 0.29) is 6.54 Å². The van der Waals surface area contributed by atoms with Crippen LogP contribution in [-0.4, -0.2) is 27.4 Å². The second-order valence-corrected chi connectivity index (χ2v) is 9.07. The first-order chi connectivity index (χ1) is 15.4. The average molecular weight is 467 g/mol. The molecule has 0 aliphatic carbocycles. The van der Waals surface area contributed by atoms with E-state index >= 15 is 0 Å². The standard InChI is InChI=1S/C23H22N4O3S2/c1-3-23(17-7-5-4-6-8-17)20(29)27(21(30)24-23)25-19(28)13-26-18(14-32-22(26)31)16-11-9-15(2)10-12-16/h4-12,14H,3,13H2,1-2H3,(H,24,30)(H,25,28). The summed E-state index contributed by atoms with van der Waals surface area (Å²) in [6.45, 7) is 3.70. The molecular formula is C23H22N4O3S2. The van der Waals surface area contributed by atoms with Crippen LogP contribution >= 0.6 is 23.6 Å². The first kappa shape index (κ1) is 21.9. The molecule has 2 N–H and O–H groups in total. The van der Waals surface area contributed by atoms with Crippen molar-refractivity contribution in [1.82, 2.24) is 20.3 Å². The highest BCUT2D eigenvalue weighted by Gasteiger charge is 2.52. The van der Waals surface area contributed by atoms with E-state index < -0.39 is 23.4 Å². The Labute approximate surface area is 194 Å². The number of thiazole rings is 1. The summed E-state index contributed by atoms with van der Waals surface area (Å²) < 4.78 is 2.23. The quantitative estimate of drug-likeness (QED) is 0.422. The summed E-state index contributed by atoms with van der Waals surface area (Å²) in [5.74, 6) is -1.03. The van der Waals surface area contributed by atoms with E-state index in [0.29, 0.717) is 15.9 Å². The number of hydrogen-bond donors (Lipinski definition) is 2. The maximum atomic E-state index is 13.2. The van der Waals surface area contributed by atoms with E-state index in [1.165, 1.54) is 11.3 Å². The summed E-state index contributed by atoms with van der Waals surface area (Å²) in [6.07, 6.45) is 0.348. The number of urea groups is 1. The third-order valence-electron chi connectivity index (χ3n) is 5.56. The smallest absolute Gasteiger partial charge is 0.318 e. The second kappa shape index (κ2) is 8.68. The molecule has 1 unspecified atom stereocenters. The lowest BCUT2D eigenvalue weighted by Gasteiger charge is -2.25. The summed E-state index contributed by atoms with van der Waals surface area (Å²) in [5, 5.41) is 5.41. The summed E-state index contributed by atoms with van der Waals surface area (Å²) in [4.78, 5) is 38.6. The zero-order valence-electron chi connectivity index (χ0n) is 17.6. The Morgan fingerprint density at radius 3 is 2.47 bits per heavy atom. The van der Waals surface area contributed by atoms with Gasteiger partial charge in [-0.25, -0.2) is 4.79 Å². The number of hydrogen-bond acceptors (Lipinski definition) is 5. The predicted molar refractivity (Wildman–Crippen MR) is 125 cm³/mol. The zero-order chi connectivity index (χ0) is 22.9. The molecule has 9 heteroatoms. The fraction of sp³-hybridized carbons (Fsp3) is 0.217. The monoisotopic (exact) mass is 466 g/mol. The molecule has 32 heavy (non-hydrogen) atoms. The summed E-state index contributed by atoms with van der Waals surface area (Å²) in [5.41, 5.74) is 4.78. The fourth-order valence-corrected chi connectivity index (χ4v) is 4.85. The second-order valence-electron chi connectivity index (χ2n) is 7.57. The number of hydrazine groups is 1. The molecule has 3 aromatic rings. The Balaban J connectivity index is 1.55. The van der Waals surface area contributed by atoms with Gasteiger partial charge in [0.15, 0.2) is 3.95 Å². The highest BCUT2D eigenvalue weighted by atomic mass is 32.1. The van der Waals surface area contributed by atoms with E-state index in [9.17, 15) is 14.4 Å². The molecule has 1 aliphatic rings. The van der Waals surface area contributed by atoms with Crippen LogP contribution in [0, 0.1) is 10.9 Å². The van der Waals surface area contributed by atoms with E-state index in [2.05, 4.69) is 10.7 Å². The number of nitrogens with zero attached hydrogens (tertiary/aromatic N) is 2. The van der Waals surface area contributed by atoms with Crippen molar-refractivity contribution >= 4 is 41.4 Å². The third kappa shape index (κ3) is 3.85. The minimum atomic E-state index is -1.21. The van der Waals surface area contributed by atoms with Gasteiger partial charge in [-0.1, -0.05) is 67.1 Å². The van der Waals surface area contributed by atoms with Crippen LogP contribution in [0.5, 0.6) is 0 Å². The number of carbonyl (C=O) groups excluding carboxylic acids is 3. The normalized spacial score (nSPS) is 18.0. The predicted octanol–water partition coefficient (Wildman–Crippen LogP) is 4.14. The zero-order valence-corrected chi connectivity index (χ0v) is 19.3. The van der Waals surface area contributed by atoms with Crippen molar-refractivity contribution in [3.8, 4) is 11.3 Å². The van der Waals surface area contributed by atoms with Crippen LogP contribution in [0.15, 0.2) is 60.0 Å². The van der Waals surface area contributed by atoms with Gasteiger partial charge in [-0.15, -0.1) is 11.3 Å². The molecule has 1 aromatic heterocycles. The van der Waals surface area contributed by atoms with Crippen LogP contribution in [0.1, 0.15) is 24.5 Å². The van der Waals surface area contributed by atoms with Crippen LogP contribution in [0.4, 0.5) is 4.79 Å². The number of imide groups is 1. The molecule has 4 amide bonds. The molecule has 0 spiro atoms. The first-order valence-electron chi connectivity index (χ1n) is 10.1. The van der Waals surface area contributed by atoms with Crippen molar-refractivity contribution < 1.29 is 14.4 Å². The van der Waals surface area contributed by atoms with Crippen molar-refractivity contribution in [1.29, 1.82) is 0 Å². The van der Waals surface area contributed by atoms with Crippen LogP contribution < -0.4 is 10.7 Å².